The van der Waals surface area contributed by atoms with Crippen LogP contribution in [0.1, 0.15) is 21.6 Å². The molecule has 6 nitrogen and oxygen atoms in total. The van der Waals surface area contributed by atoms with Gasteiger partial charge in [0, 0.05) is 34.1 Å². The molecular weight excluding hydrogens is 396 g/mol. The Morgan fingerprint density at radius 2 is 2.11 bits per heavy atom. The molecule has 0 fully saturated rings. The van der Waals surface area contributed by atoms with Crippen LogP contribution < -0.4 is 5.56 Å². The third-order valence-electron chi connectivity index (χ3n) is 4.99. The Balaban J connectivity index is 1.56. The molecule has 0 bridgehead atoms. The standard InChI is InChI=1S/C20H15ClN4O2S/c21-15-4-2-1-3-13(15)16-9-18-22-17-10-24(19(26)12-6-8-28-11-12)7-5-14(17)20(27)25(18)23-16/h1-4,6,8-9,11,23H,5,7,10H2. The number of nitrogens with zero attached hydrogens (tertiary/aromatic N) is 3. The molecule has 1 amide bonds. The van der Waals surface area contributed by atoms with Crippen LogP contribution in [0.4, 0.5) is 0 Å². The fourth-order valence-electron chi connectivity index (χ4n) is 3.55. The Morgan fingerprint density at radius 3 is 2.89 bits per heavy atom. The Morgan fingerprint density at radius 1 is 1.25 bits per heavy atom. The number of amides is 1. The maximum Gasteiger partial charge on any atom is 0.276 e. The van der Waals surface area contributed by atoms with E-state index < -0.39 is 0 Å². The quantitative estimate of drug-likeness (QED) is 0.548. The van der Waals surface area contributed by atoms with E-state index in [9.17, 15) is 9.59 Å². The number of aromatic nitrogens is 3. The maximum absolute atomic E-state index is 13.0. The number of carbonyl (C=O) groups excluding carboxylic acids is 1. The molecule has 140 valence electrons. The lowest BCUT2D eigenvalue weighted by Crippen LogP contribution is -2.39. The Hall–Kier alpha value is -2.90. The molecule has 3 aromatic heterocycles. The fourth-order valence-corrected chi connectivity index (χ4v) is 4.42. The first-order chi connectivity index (χ1) is 13.6. The van der Waals surface area contributed by atoms with Crippen molar-refractivity contribution < 1.29 is 4.79 Å². The van der Waals surface area contributed by atoms with Gasteiger partial charge in [0.05, 0.1) is 23.5 Å². The van der Waals surface area contributed by atoms with Crippen LogP contribution >= 0.6 is 22.9 Å². The van der Waals surface area contributed by atoms with E-state index in [2.05, 4.69) is 10.1 Å². The fraction of sp³-hybridized carbons (Fsp3) is 0.150. The van der Waals surface area contributed by atoms with E-state index in [0.29, 0.717) is 47.0 Å². The van der Waals surface area contributed by atoms with Gasteiger partial charge in [-0.25, -0.2) is 9.50 Å². The molecule has 0 atom stereocenters. The maximum atomic E-state index is 13.0. The molecule has 28 heavy (non-hydrogen) atoms. The summed E-state index contributed by atoms with van der Waals surface area (Å²) in [5, 5.41) is 7.43. The van der Waals surface area contributed by atoms with Gasteiger partial charge in [-0.1, -0.05) is 29.8 Å². The summed E-state index contributed by atoms with van der Waals surface area (Å²) in [5.41, 5.74) is 3.91. The number of hydrogen-bond acceptors (Lipinski definition) is 4. The predicted octanol–water partition coefficient (Wildman–Crippen LogP) is 3.60. The van der Waals surface area contributed by atoms with Gasteiger partial charge in [-0.15, -0.1) is 0 Å². The number of hydrogen-bond donors (Lipinski definition) is 1. The zero-order chi connectivity index (χ0) is 19.3. The molecule has 0 spiro atoms. The van der Waals surface area contributed by atoms with Gasteiger partial charge in [0.1, 0.15) is 0 Å². The summed E-state index contributed by atoms with van der Waals surface area (Å²) >= 11 is 7.78. The lowest BCUT2D eigenvalue weighted by Gasteiger charge is -2.27. The second-order valence-corrected chi connectivity index (χ2v) is 7.86. The summed E-state index contributed by atoms with van der Waals surface area (Å²) in [4.78, 5) is 32.0. The first-order valence-corrected chi connectivity index (χ1v) is 10.1. The van der Waals surface area contributed by atoms with Crippen molar-refractivity contribution in [2.24, 2.45) is 0 Å². The van der Waals surface area contributed by atoms with Crippen molar-refractivity contribution in [2.75, 3.05) is 6.54 Å². The van der Waals surface area contributed by atoms with E-state index in [-0.39, 0.29) is 11.5 Å². The monoisotopic (exact) mass is 410 g/mol. The first kappa shape index (κ1) is 17.2. The predicted molar refractivity (Wildman–Crippen MR) is 109 cm³/mol. The molecule has 5 rings (SSSR count). The highest BCUT2D eigenvalue weighted by Gasteiger charge is 2.26. The average molecular weight is 411 g/mol. The van der Waals surface area contributed by atoms with Crippen molar-refractivity contribution in [1.29, 1.82) is 0 Å². The molecule has 4 heterocycles. The third-order valence-corrected chi connectivity index (χ3v) is 6.00. The third kappa shape index (κ3) is 2.75. The Labute approximate surface area is 169 Å². The zero-order valence-corrected chi connectivity index (χ0v) is 16.3. The number of carbonyl (C=O) groups is 1. The highest BCUT2D eigenvalue weighted by atomic mass is 35.5. The van der Waals surface area contributed by atoms with E-state index in [1.807, 2.05) is 41.1 Å². The highest BCUT2D eigenvalue weighted by molar-refractivity contribution is 7.08. The molecule has 0 unspecified atom stereocenters. The van der Waals surface area contributed by atoms with Gasteiger partial charge in [0.15, 0.2) is 5.65 Å². The van der Waals surface area contributed by atoms with Crippen molar-refractivity contribution in [1.82, 2.24) is 19.5 Å². The number of H-pyrrole nitrogens is 1. The lowest BCUT2D eigenvalue weighted by molar-refractivity contribution is 0.0732. The minimum absolute atomic E-state index is 0.0280. The highest BCUT2D eigenvalue weighted by Crippen LogP contribution is 2.27. The summed E-state index contributed by atoms with van der Waals surface area (Å²) in [5.74, 6) is -0.0280. The summed E-state index contributed by atoms with van der Waals surface area (Å²) in [6.07, 6.45) is 0.487. The van der Waals surface area contributed by atoms with Crippen LogP contribution in [0, 0.1) is 0 Å². The smallest absolute Gasteiger partial charge is 0.276 e. The molecule has 8 heteroatoms. The molecule has 1 aliphatic heterocycles. The SMILES string of the molecule is O=C(c1ccsc1)N1CCc2c(nc3cc(-c4ccccc4Cl)[nH]n3c2=O)C1. The van der Waals surface area contributed by atoms with Gasteiger partial charge in [-0.2, -0.15) is 11.3 Å². The molecule has 0 saturated carbocycles. The van der Waals surface area contributed by atoms with Crippen LogP contribution in [-0.4, -0.2) is 31.9 Å². The van der Waals surface area contributed by atoms with Gasteiger partial charge >= 0.3 is 0 Å². The number of benzene rings is 1. The van der Waals surface area contributed by atoms with Gasteiger partial charge in [0.25, 0.3) is 11.5 Å². The van der Waals surface area contributed by atoms with Crippen LogP contribution in [0.25, 0.3) is 16.9 Å². The molecule has 1 aliphatic rings. The molecule has 1 N–H and O–H groups in total. The Bertz CT molecular complexity index is 1260. The summed E-state index contributed by atoms with van der Waals surface area (Å²) in [6.45, 7) is 0.838. The molecule has 1 aromatic carbocycles. The second-order valence-electron chi connectivity index (χ2n) is 6.67. The van der Waals surface area contributed by atoms with E-state index in [1.165, 1.54) is 15.9 Å². The van der Waals surface area contributed by atoms with Gasteiger partial charge in [-0.05, 0) is 23.9 Å². The number of rotatable bonds is 2. The summed E-state index contributed by atoms with van der Waals surface area (Å²) in [7, 11) is 0. The van der Waals surface area contributed by atoms with Crippen LogP contribution in [0.15, 0.2) is 52.0 Å². The summed E-state index contributed by atoms with van der Waals surface area (Å²) in [6, 6.07) is 11.1. The van der Waals surface area contributed by atoms with Crippen LogP contribution in [0.2, 0.25) is 5.02 Å². The molecule has 0 aliphatic carbocycles. The van der Waals surface area contributed by atoms with E-state index >= 15 is 0 Å². The number of fused-ring (bicyclic) bond motifs is 2. The topological polar surface area (TPSA) is 70.5 Å². The molecule has 4 aromatic rings. The molecule has 0 saturated heterocycles. The van der Waals surface area contributed by atoms with Crippen molar-refractivity contribution >= 4 is 34.5 Å². The number of halogens is 1. The first-order valence-electron chi connectivity index (χ1n) is 8.82. The minimum Gasteiger partial charge on any atom is -0.332 e. The van der Waals surface area contributed by atoms with E-state index in [4.69, 9.17) is 11.6 Å². The van der Waals surface area contributed by atoms with E-state index in [0.717, 1.165) is 11.3 Å². The number of thiophene rings is 1. The lowest BCUT2D eigenvalue weighted by atomic mass is 10.1. The molecular formula is C20H15ClN4O2S. The number of nitrogens with one attached hydrogen (secondary N) is 1. The Kier molecular flexibility index (Phi) is 4.07. The number of aromatic amines is 1. The van der Waals surface area contributed by atoms with Gasteiger partial charge in [-0.3, -0.25) is 14.7 Å². The van der Waals surface area contributed by atoms with Gasteiger partial charge < -0.3 is 4.90 Å². The van der Waals surface area contributed by atoms with Crippen molar-refractivity contribution in [2.45, 2.75) is 13.0 Å². The second kappa shape index (κ2) is 6.61. The van der Waals surface area contributed by atoms with Crippen LogP contribution in [-0.2, 0) is 13.0 Å². The van der Waals surface area contributed by atoms with Crippen LogP contribution in [0.5, 0.6) is 0 Å². The van der Waals surface area contributed by atoms with E-state index in [1.54, 1.807) is 11.0 Å². The normalized spacial score (nSPS) is 13.7. The van der Waals surface area contributed by atoms with Crippen molar-refractivity contribution in [3.8, 4) is 11.3 Å². The van der Waals surface area contributed by atoms with Gasteiger partial charge in [0.2, 0.25) is 0 Å². The van der Waals surface area contributed by atoms with Crippen LogP contribution in [0.3, 0.4) is 0 Å². The summed E-state index contributed by atoms with van der Waals surface area (Å²) < 4.78 is 1.45. The zero-order valence-electron chi connectivity index (χ0n) is 14.7. The average Bonchev–Trinajstić information content (AvgIpc) is 3.37. The largest absolute Gasteiger partial charge is 0.332 e. The minimum atomic E-state index is -0.124. The van der Waals surface area contributed by atoms with Crippen molar-refractivity contribution in [3.63, 3.8) is 0 Å². The van der Waals surface area contributed by atoms with Crippen molar-refractivity contribution in [3.05, 3.63) is 79.4 Å². The molecule has 0 radical (unpaired) electrons.